The van der Waals surface area contributed by atoms with Crippen molar-refractivity contribution in [3.63, 3.8) is 0 Å². The molecule has 0 radical (unpaired) electrons. The lowest BCUT2D eigenvalue weighted by Gasteiger charge is -2.16. The average molecular weight is 138 g/mol. The van der Waals surface area contributed by atoms with Gasteiger partial charge < -0.3 is 4.90 Å². The Balaban J connectivity index is 2.61. The maximum absolute atomic E-state index is 10.8. The summed E-state index contributed by atoms with van der Waals surface area (Å²) in [6.45, 7) is 2.27. The molecule has 1 amide bonds. The van der Waals surface area contributed by atoms with Crippen LogP contribution < -0.4 is 0 Å². The van der Waals surface area contributed by atoms with E-state index in [0.717, 1.165) is 19.4 Å². The van der Waals surface area contributed by atoms with Crippen molar-refractivity contribution in [3.05, 3.63) is 0 Å². The second-order valence-electron chi connectivity index (χ2n) is 2.50. The van der Waals surface area contributed by atoms with Gasteiger partial charge in [0.15, 0.2) is 0 Å². The highest BCUT2D eigenvalue weighted by Crippen LogP contribution is 2.15. The van der Waals surface area contributed by atoms with Crippen LogP contribution in [0.25, 0.3) is 0 Å². The van der Waals surface area contributed by atoms with Crippen LogP contribution in [0.3, 0.4) is 0 Å². The summed E-state index contributed by atoms with van der Waals surface area (Å²) in [6, 6.07) is 1.95. The van der Waals surface area contributed by atoms with Gasteiger partial charge in [0.1, 0.15) is 6.04 Å². The Labute approximate surface area is 60.2 Å². The number of hydrogen-bond acceptors (Lipinski definition) is 2. The van der Waals surface area contributed by atoms with E-state index in [1.54, 1.807) is 4.90 Å². The number of hydrogen-bond donors (Lipinski definition) is 0. The molecule has 0 N–H and O–H groups in total. The Bertz CT molecular complexity index is 183. The highest BCUT2D eigenvalue weighted by atomic mass is 16.2. The third kappa shape index (κ3) is 1.10. The van der Waals surface area contributed by atoms with Gasteiger partial charge in [-0.2, -0.15) is 5.26 Å². The number of likely N-dealkylation sites (tertiary alicyclic amines) is 1. The number of nitriles is 1. The zero-order valence-corrected chi connectivity index (χ0v) is 6.00. The lowest BCUT2D eigenvalue weighted by molar-refractivity contribution is -0.128. The predicted molar refractivity (Wildman–Crippen MR) is 36.0 cm³/mol. The molecule has 1 atom stereocenters. The summed E-state index contributed by atoms with van der Waals surface area (Å²) in [4.78, 5) is 12.4. The molecule has 0 spiro atoms. The Hall–Kier alpha value is -1.04. The lowest BCUT2D eigenvalue weighted by Crippen LogP contribution is -2.32. The molecule has 1 saturated heterocycles. The quantitative estimate of drug-likeness (QED) is 0.490. The van der Waals surface area contributed by atoms with Gasteiger partial charge in [-0.3, -0.25) is 4.79 Å². The Morgan fingerprint density at radius 3 is 2.90 bits per heavy atom. The highest BCUT2D eigenvalue weighted by molar-refractivity contribution is 5.74. The number of carbonyl (C=O) groups is 1. The molecule has 0 saturated carbocycles. The minimum atomic E-state index is -0.155. The molecular weight excluding hydrogens is 128 g/mol. The fourth-order valence-corrected chi connectivity index (χ4v) is 1.28. The summed E-state index contributed by atoms with van der Waals surface area (Å²) in [5, 5.41) is 8.54. The molecule has 0 aromatic rings. The van der Waals surface area contributed by atoms with Gasteiger partial charge in [0.05, 0.1) is 6.07 Å². The predicted octanol–water partition coefficient (Wildman–Crippen LogP) is 0.521. The van der Waals surface area contributed by atoms with Crippen molar-refractivity contribution in [1.82, 2.24) is 4.90 Å². The molecule has 0 unspecified atom stereocenters. The van der Waals surface area contributed by atoms with Crippen molar-refractivity contribution < 1.29 is 4.79 Å². The molecule has 3 heteroatoms. The van der Waals surface area contributed by atoms with Gasteiger partial charge in [-0.15, -0.1) is 0 Å². The van der Waals surface area contributed by atoms with Gasteiger partial charge in [0.25, 0.3) is 0 Å². The number of rotatable bonds is 0. The minimum Gasteiger partial charge on any atom is -0.327 e. The van der Waals surface area contributed by atoms with E-state index in [4.69, 9.17) is 5.26 Å². The van der Waals surface area contributed by atoms with Gasteiger partial charge in [-0.25, -0.2) is 0 Å². The van der Waals surface area contributed by atoms with E-state index in [1.807, 2.05) is 0 Å². The normalized spacial score (nSPS) is 24.4. The van der Waals surface area contributed by atoms with Crippen LogP contribution in [-0.4, -0.2) is 23.4 Å². The third-order valence-electron chi connectivity index (χ3n) is 1.81. The van der Waals surface area contributed by atoms with Crippen LogP contribution in [0, 0.1) is 11.3 Å². The molecule has 1 fully saturated rings. The van der Waals surface area contributed by atoms with Gasteiger partial charge in [-0.05, 0) is 12.8 Å². The smallest absolute Gasteiger partial charge is 0.220 e. The zero-order chi connectivity index (χ0) is 7.56. The van der Waals surface area contributed by atoms with Crippen LogP contribution in [0.5, 0.6) is 0 Å². The third-order valence-corrected chi connectivity index (χ3v) is 1.81. The monoisotopic (exact) mass is 138 g/mol. The van der Waals surface area contributed by atoms with E-state index in [1.165, 1.54) is 6.92 Å². The van der Waals surface area contributed by atoms with E-state index in [-0.39, 0.29) is 11.9 Å². The molecule has 0 aliphatic carbocycles. The molecule has 0 aromatic carbocycles. The molecule has 1 aliphatic rings. The molecule has 0 bridgehead atoms. The van der Waals surface area contributed by atoms with Crippen molar-refractivity contribution in [2.45, 2.75) is 25.8 Å². The molecule has 10 heavy (non-hydrogen) atoms. The Kier molecular flexibility index (Phi) is 1.91. The first-order chi connectivity index (χ1) is 4.75. The summed E-state index contributed by atoms with van der Waals surface area (Å²) in [5.41, 5.74) is 0. The summed E-state index contributed by atoms with van der Waals surface area (Å²) in [6.07, 6.45) is 1.81. The van der Waals surface area contributed by atoms with Crippen molar-refractivity contribution in [2.24, 2.45) is 0 Å². The number of nitrogens with zero attached hydrogens (tertiary/aromatic N) is 2. The van der Waals surface area contributed by atoms with E-state index in [2.05, 4.69) is 6.07 Å². The molecule has 3 nitrogen and oxygen atoms in total. The van der Waals surface area contributed by atoms with E-state index < -0.39 is 0 Å². The van der Waals surface area contributed by atoms with Crippen LogP contribution >= 0.6 is 0 Å². The highest BCUT2D eigenvalue weighted by Gasteiger charge is 2.25. The number of carbonyl (C=O) groups excluding carboxylic acids is 1. The fourth-order valence-electron chi connectivity index (χ4n) is 1.28. The number of amides is 1. The second kappa shape index (κ2) is 2.70. The van der Waals surface area contributed by atoms with E-state index in [9.17, 15) is 4.79 Å². The van der Waals surface area contributed by atoms with Crippen LogP contribution in [0.4, 0.5) is 0 Å². The SMILES string of the molecule is CC(=O)N1CCC[C@H]1C#N. The summed E-state index contributed by atoms with van der Waals surface area (Å²) >= 11 is 0. The first-order valence-electron chi connectivity index (χ1n) is 3.42. The lowest BCUT2D eigenvalue weighted by atomic mass is 10.2. The minimum absolute atomic E-state index is 0.0176. The summed E-state index contributed by atoms with van der Waals surface area (Å²) < 4.78 is 0. The second-order valence-corrected chi connectivity index (χ2v) is 2.50. The van der Waals surface area contributed by atoms with Gasteiger partial charge in [0.2, 0.25) is 5.91 Å². The van der Waals surface area contributed by atoms with Crippen molar-refractivity contribution in [3.8, 4) is 6.07 Å². The molecule has 0 aromatic heterocycles. The molecule has 54 valence electrons. The van der Waals surface area contributed by atoms with Crippen molar-refractivity contribution >= 4 is 5.91 Å². The first-order valence-corrected chi connectivity index (χ1v) is 3.42. The zero-order valence-electron chi connectivity index (χ0n) is 6.00. The van der Waals surface area contributed by atoms with Crippen LogP contribution in [0.1, 0.15) is 19.8 Å². The van der Waals surface area contributed by atoms with Crippen LogP contribution in [-0.2, 0) is 4.79 Å². The molecule has 1 aliphatic heterocycles. The van der Waals surface area contributed by atoms with Crippen molar-refractivity contribution in [2.75, 3.05) is 6.54 Å². The topological polar surface area (TPSA) is 44.1 Å². The van der Waals surface area contributed by atoms with Crippen LogP contribution in [0.2, 0.25) is 0 Å². The molecule has 1 rings (SSSR count). The maximum atomic E-state index is 10.8. The van der Waals surface area contributed by atoms with Crippen LogP contribution in [0.15, 0.2) is 0 Å². The van der Waals surface area contributed by atoms with Gasteiger partial charge in [-0.1, -0.05) is 0 Å². The maximum Gasteiger partial charge on any atom is 0.220 e. The molecular formula is C7H10N2O. The standard InChI is InChI=1S/C7H10N2O/c1-6(10)9-4-2-3-7(9)5-8/h7H,2-4H2,1H3/t7-/m0/s1. The average Bonchev–Trinajstić information content (AvgIpc) is 2.33. The van der Waals surface area contributed by atoms with Gasteiger partial charge >= 0.3 is 0 Å². The van der Waals surface area contributed by atoms with E-state index >= 15 is 0 Å². The molecule has 1 heterocycles. The summed E-state index contributed by atoms with van der Waals surface area (Å²) in [7, 11) is 0. The van der Waals surface area contributed by atoms with Crippen molar-refractivity contribution in [1.29, 1.82) is 5.26 Å². The fraction of sp³-hybridized carbons (Fsp3) is 0.714. The van der Waals surface area contributed by atoms with E-state index in [0.29, 0.717) is 0 Å². The first kappa shape index (κ1) is 7.07. The van der Waals surface area contributed by atoms with Gasteiger partial charge in [0, 0.05) is 13.5 Å². The summed E-state index contributed by atoms with van der Waals surface area (Å²) in [5.74, 6) is 0.0176. The Morgan fingerprint density at radius 1 is 1.80 bits per heavy atom. The largest absolute Gasteiger partial charge is 0.327 e. The Morgan fingerprint density at radius 2 is 2.50 bits per heavy atom.